The molecule has 0 bridgehead atoms. The van der Waals surface area contributed by atoms with Crippen molar-refractivity contribution in [2.75, 3.05) is 18.1 Å². The topological polar surface area (TPSA) is 66.6 Å². The summed E-state index contributed by atoms with van der Waals surface area (Å²) in [5, 5.41) is 20.3. The van der Waals surface area contributed by atoms with Gasteiger partial charge in [-0.1, -0.05) is 15.9 Å². The fourth-order valence-electron chi connectivity index (χ4n) is 2.23. The van der Waals surface area contributed by atoms with E-state index in [2.05, 4.69) is 15.9 Å². The van der Waals surface area contributed by atoms with Crippen LogP contribution in [0.5, 0.6) is 0 Å². The number of benzene rings is 1. The molecule has 1 N–H and O–H groups in total. The van der Waals surface area contributed by atoms with Gasteiger partial charge in [-0.15, -0.1) is 0 Å². The molecule has 0 saturated carbocycles. The molecule has 1 heterocycles. The zero-order valence-corrected chi connectivity index (χ0v) is 10.8. The molecule has 2 rings (SSSR count). The van der Waals surface area contributed by atoms with Gasteiger partial charge in [0, 0.05) is 17.1 Å². The summed E-state index contributed by atoms with van der Waals surface area (Å²) in [5.41, 5.74) is 0.675. The van der Waals surface area contributed by atoms with Crippen molar-refractivity contribution in [3.05, 3.63) is 32.8 Å². The minimum atomic E-state index is -0.382. The van der Waals surface area contributed by atoms with Gasteiger partial charge < -0.3 is 10.0 Å². The fourth-order valence-corrected chi connectivity index (χ4v) is 2.58. The van der Waals surface area contributed by atoms with Crippen molar-refractivity contribution in [2.24, 2.45) is 0 Å². The monoisotopic (exact) mass is 300 g/mol. The first-order valence-electron chi connectivity index (χ1n) is 5.45. The van der Waals surface area contributed by atoms with E-state index in [1.54, 1.807) is 12.1 Å². The SMILES string of the molecule is O=[N+]([O-])c1cc(Br)ccc1N1CCCC1CO. The Morgan fingerprint density at radius 3 is 3.00 bits per heavy atom. The van der Waals surface area contributed by atoms with Crippen LogP contribution in [0.1, 0.15) is 12.8 Å². The van der Waals surface area contributed by atoms with Crippen LogP contribution in [0, 0.1) is 10.1 Å². The van der Waals surface area contributed by atoms with Gasteiger partial charge in [0.2, 0.25) is 0 Å². The second kappa shape index (κ2) is 5.01. The van der Waals surface area contributed by atoms with Gasteiger partial charge in [0.1, 0.15) is 5.69 Å². The Morgan fingerprint density at radius 1 is 1.59 bits per heavy atom. The van der Waals surface area contributed by atoms with Crippen LogP contribution >= 0.6 is 15.9 Å². The second-order valence-corrected chi connectivity index (χ2v) is 4.98. The summed E-state index contributed by atoms with van der Waals surface area (Å²) >= 11 is 3.23. The van der Waals surface area contributed by atoms with Crippen LogP contribution < -0.4 is 4.90 Å². The Hall–Kier alpha value is -1.14. The summed E-state index contributed by atoms with van der Waals surface area (Å²) in [6, 6.07) is 5.02. The molecule has 17 heavy (non-hydrogen) atoms. The number of anilines is 1. The normalized spacial score (nSPS) is 19.6. The molecular weight excluding hydrogens is 288 g/mol. The average molecular weight is 301 g/mol. The molecule has 0 radical (unpaired) electrons. The predicted octanol–water partition coefficient (Wildman–Crippen LogP) is 2.32. The Balaban J connectivity index is 2.40. The number of rotatable bonds is 3. The number of aliphatic hydroxyl groups excluding tert-OH is 1. The first-order valence-corrected chi connectivity index (χ1v) is 6.24. The van der Waals surface area contributed by atoms with E-state index in [-0.39, 0.29) is 23.3 Å². The van der Waals surface area contributed by atoms with Gasteiger partial charge in [-0.3, -0.25) is 10.1 Å². The van der Waals surface area contributed by atoms with Crippen molar-refractivity contribution >= 4 is 27.3 Å². The molecule has 0 amide bonds. The molecule has 1 fully saturated rings. The highest BCUT2D eigenvalue weighted by molar-refractivity contribution is 9.10. The van der Waals surface area contributed by atoms with Gasteiger partial charge >= 0.3 is 0 Å². The minimum Gasteiger partial charge on any atom is -0.394 e. The maximum atomic E-state index is 11.0. The number of nitro benzene ring substituents is 1. The minimum absolute atomic E-state index is 0.00474. The van der Waals surface area contributed by atoms with Gasteiger partial charge in [-0.05, 0) is 25.0 Å². The number of nitro groups is 1. The number of hydrogen-bond donors (Lipinski definition) is 1. The zero-order valence-electron chi connectivity index (χ0n) is 9.17. The average Bonchev–Trinajstić information content (AvgIpc) is 2.76. The van der Waals surface area contributed by atoms with Crippen LogP contribution in [0.25, 0.3) is 0 Å². The van der Waals surface area contributed by atoms with Crippen molar-refractivity contribution in [1.82, 2.24) is 0 Å². The smallest absolute Gasteiger partial charge is 0.293 e. The van der Waals surface area contributed by atoms with E-state index >= 15 is 0 Å². The van der Waals surface area contributed by atoms with Crippen LogP contribution in [-0.4, -0.2) is 29.2 Å². The van der Waals surface area contributed by atoms with Crippen LogP contribution in [0.3, 0.4) is 0 Å². The third kappa shape index (κ3) is 2.42. The predicted molar refractivity (Wildman–Crippen MR) is 68.3 cm³/mol. The van der Waals surface area contributed by atoms with E-state index in [9.17, 15) is 15.2 Å². The third-order valence-corrected chi connectivity index (χ3v) is 3.52. The first-order chi connectivity index (χ1) is 8.13. The molecule has 1 atom stereocenters. The molecule has 1 unspecified atom stereocenters. The van der Waals surface area contributed by atoms with Gasteiger partial charge in [0.05, 0.1) is 17.6 Å². The summed E-state index contributed by atoms with van der Waals surface area (Å²) in [5.74, 6) is 0. The highest BCUT2D eigenvalue weighted by Crippen LogP contribution is 2.35. The van der Waals surface area contributed by atoms with Crippen molar-refractivity contribution in [2.45, 2.75) is 18.9 Å². The van der Waals surface area contributed by atoms with Gasteiger partial charge in [-0.25, -0.2) is 0 Å². The maximum absolute atomic E-state index is 11.0. The van der Waals surface area contributed by atoms with E-state index in [4.69, 9.17) is 0 Å². The van der Waals surface area contributed by atoms with Gasteiger partial charge in [-0.2, -0.15) is 0 Å². The van der Waals surface area contributed by atoms with E-state index in [1.807, 2.05) is 4.90 Å². The van der Waals surface area contributed by atoms with Crippen molar-refractivity contribution < 1.29 is 10.0 Å². The Morgan fingerprint density at radius 2 is 2.35 bits per heavy atom. The fraction of sp³-hybridized carbons (Fsp3) is 0.455. The largest absolute Gasteiger partial charge is 0.394 e. The lowest BCUT2D eigenvalue weighted by atomic mass is 10.2. The number of halogens is 1. The van der Waals surface area contributed by atoms with Crippen LogP contribution in [0.2, 0.25) is 0 Å². The standard InChI is InChI=1S/C11H13BrN2O3/c12-8-3-4-10(11(6-8)14(16)17)13-5-1-2-9(13)7-15/h3-4,6,9,15H,1-2,5,7H2. The van der Waals surface area contributed by atoms with Crippen molar-refractivity contribution in [3.8, 4) is 0 Å². The molecule has 92 valence electrons. The highest BCUT2D eigenvalue weighted by atomic mass is 79.9. The lowest BCUT2D eigenvalue weighted by Gasteiger charge is -2.24. The van der Waals surface area contributed by atoms with Crippen molar-refractivity contribution in [3.63, 3.8) is 0 Å². The first kappa shape index (κ1) is 12.3. The summed E-state index contributed by atoms with van der Waals surface area (Å²) in [6.07, 6.45) is 1.84. The quantitative estimate of drug-likeness (QED) is 0.687. The zero-order chi connectivity index (χ0) is 12.4. The molecule has 0 aromatic heterocycles. The van der Waals surface area contributed by atoms with E-state index in [0.717, 1.165) is 19.4 Å². The molecule has 0 spiro atoms. The second-order valence-electron chi connectivity index (χ2n) is 4.06. The molecule has 0 aliphatic carbocycles. The van der Waals surface area contributed by atoms with E-state index < -0.39 is 0 Å². The number of hydrogen-bond acceptors (Lipinski definition) is 4. The van der Waals surface area contributed by atoms with Gasteiger partial charge in [0.15, 0.2) is 0 Å². The molecular formula is C11H13BrN2O3. The van der Waals surface area contributed by atoms with E-state index in [0.29, 0.717) is 10.2 Å². The molecule has 1 aliphatic heterocycles. The Labute approximate surface area is 107 Å². The maximum Gasteiger partial charge on any atom is 0.293 e. The number of nitrogens with zero attached hydrogens (tertiary/aromatic N) is 2. The summed E-state index contributed by atoms with van der Waals surface area (Å²) < 4.78 is 0.688. The lowest BCUT2D eigenvalue weighted by Crippen LogP contribution is -2.32. The summed E-state index contributed by atoms with van der Waals surface area (Å²) in [7, 11) is 0. The van der Waals surface area contributed by atoms with E-state index in [1.165, 1.54) is 6.07 Å². The van der Waals surface area contributed by atoms with Crippen LogP contribution in [0.4, 0.5) is 11.4 Å². The van der Waals surface area contributed by atoms with Crippen molar-refractivity contribution in [1.29, 1.82) is 0 Å². The summed E-state index contributed by atoms with van der Waals surface area (Å²) in [4.78, 5) is 12.6. The van der Waals surface area contributed by atoms with Crippen LogP contribution in [0.15, 0.2) is 22.7 Å². The van der Waals surface area contributed by atoms with Crippen LogP contribution in [-0.2, 0) is 0 Å². The molecule has 1 aromatic carbocycles. The van der Waals surface area contributed by atoms with Gasteiger partial charge in [0.25, 0.3) is 5.69 Å². The summed E-state index contributed by atoms with van der Waals surface area (Å²) in [6.45, 7) is 0.793. The lowest BCUT2D eigenvalue weighted by molar-refractivity contribution is -0.384. The molecule has 1 aromatic rings. The third-order valence-electron chi connectivity index (χ3n) is 3.03. The molecule has 1 aliphatic rings. The molecule has 5 nitrogen and oxygen atoms in total. The Bertz CT molecular complexity index is 439. The molecule has 6 heteroatoms. The highest BCUT2D eigenvalue weighted by Gasteiger charge is 2.29. The molecule has 1 saturated heterocycles. The Kier molecular flexibility index (Phi) is 3.63. The number of aliphatic hydroxyl groups is 1.